The van der Waals surface area contributed by atoms with Gasteiger partial charge in [-0.05, 0) is 12.0 Å². The molecule has 19 heavy (non-hydrogen) atoms. The van der Waals surface area contributed by atoms with Gasteiger partial charge in [0.15, 0.2) is 23.3 Å². The number of hydrogen-bond donors (Lipinski definition) is 3. The van der Waals surface area contributed by atoms with Crippen LogP contribution in [0.25, 0.3) is 0 Å². The Morgan fingerprint density at radius 3 is 2.68 bits per heavy atom. The van der Waals surface area contributed by atoms with Gasteiger partial charge in [0.2, 0.25) is 0 Å². The SMILES string of the molecule is Cn1cc(CCNc2nc(NN)c(F)cc2F)cn1. The fourth-order valence-corrected chi connectivity index (χ4v) is 1.62. The highest BCUT2D eigenvalue weighted by Gasteiger charge is 2.10. The van der Waals surface area contributed by atoms with Crippen LogP contribution < -0.4 is 16.6 Å². The van der Waals surface area contributed by atoms with Crippen LogP contribution in [-0.2, 0) is 13.5 Å². The van der Waals surface area contributed by atoms with Gasteiger partial charge in [-0.25, -0.2) is 19.6 Å². The van der Waals surface area contributed by atoms with E-state index in [1.165, 1.54) is 0 Å². The fraction of sp³-hybridized carbons (Fsp3) is 0.273. The van der Waals surface area contributed by atoms with Gasteiger partial charge >= 0.3 is 0 Å². The first-order valence-corrected chi connectivity index (χ1v) is 5.64. The number of nitrogens with two attached hydrogens (primary N) is 1. The van der Waals surface area contributed by atoms with E-state index in [0.29, 0.717) is 13.0 Å². The molecule has 0 radical (unpaired) electrons. The highest BCUT2D eigenvalue weighted by molar-refractivity contribution is 5.46. The molecule has 0 saturated carbocycles. The van der Waals surface area contributed by atoms with Gasteiger partial charge in [-0.1, -0.05) is 0 Å². The lowest BCUT2D eigenvalue weighted by atomic mass is 10.2. The first kappa shape index (κ1) is 13.2. The van der Waals surface area contributed by atoms with E-state index >= 15 is 0 Å². The minimum atomic E-state index is -0.835. The summed E-state index contributed by atoms with van der Waals surface area (Å²) in [4.78, 5) is 3.71. The number of anilines is 2. The zero-order chi connectivity index (χ0) is 13.8. The summed E-state index contributed by atoms with van der Waals surface area (Å²) in [6, 6.07) is 0.731. The van der Waals surface area contributed by atoms with Crippen LogP contribution in [0.1, 0.15) is 5.56 Å². The van der Waals surface area contributed by atoms with Crippen LogP contribution in [0.3, 0.4) is 0 Å². The Bertz CT molecular complexity index is 568. The predicted molar refractivity (Wildman–Crippen MR) is 67.4 cm³/mol. The van der Waals surface area contributed by atoms with Gasteiger partial charge in [0, 0.05) is 25.9 Å². The van der Waals surface area contributed by atoms with Crippen molar-refractivity contribution in [3.05, 3.63) is 35.7 Å². The molecule has 0 saturated heterocycles. The number of aromatic nitrogens is 3. The number of hydrazine groups is 1. The number of nitrogens with zero attached hydrogens (tertiary/aromatic N) is 3. The Hall–Kier alpha value is -2.22. The van der Waals surface area contributed by atoms with E-state index in [-0.39, 0.29) is 11.6 Å². The molecule has 0 fully saturated rings. The Morgan fingerprint density at radius 2 is 2.05 bits per heavy atom. The molecular weight excluding hydrogens is 254 g/mol. The monoisotopic (exact) mass is 268 g/mol. The van der Waals surface area contributed by atoms with E-state index in [1.54, 1.807) is 10.9 Å². The molecular formula is C11H14F2N6. The number of nitrogens with one attached hydrogen (secondary N) is 2. The molecule has 102 valence electrons. The van der Waals surface area contributed by atoms with E-state index in [4.69, 9.17) is 5.84 Å². The average Bonchev–Trinajstić information content (AvgIpc) is 2.78. The molecule has 2 aromatic rings. The van der Waals surface area contributed by atoms with Gasteiger partial charge in [-0.2, -0.15) is 5.10 Å². The van der Waals surface area contributed by atoms with E-state index < -0.39 is 11.6 Å². The maximum absolute atomic E-state index is 13.4. The quantitative estimate of drug-likeness (QED) is 0.557. The summed E-state index contributed by atoms with van der Waals surface area (Å²) in [5.74, 6) is 3.23. The first-order chi connectivity index (χ1) is 9.10. The molecule has 0 atom stereocenters. The summed E-state index contributed by atoms with van der Waals surface area (Å²) >= 11 is 0. The average molecular weight is 268 g/mol. The standard InChI is InChI=1S/C11H14F2N6/c1-19-6-7(5-16-19)2-3-15-10-8(12)4-9(13)11(17-10)18-14/h4-6H,2-3,14H2,1H3,(H2,15,17,18). The van der Waals surface area contributed by atoms with E-state index in [1.807, 2.05) is 13.2 Å². The molecule has 0 bridgehead atoms. The van der Waals surface area contributed by atoms with Crippen molar-refractivity contribution in [3.8, 4) is 0 Å². The fourth-order valence-electron chi connectivity index (χ4n) is 1.62. The van der Waals surface area contributed by atoms with E-state index in [0.717, 1.165) is 11.6 Å². The van der Waals surface area contributed by atoms with Gasteiger partial charge in [-0.15, -0.1) is 0 Å². The Morgan fingerprint density at radius 1 is 1.32 bits per heavy atom. The lowest BCUT2D eigenvalue weighted by molar-refractivity contribution is 0.578. The minimum absolute atomic E-state index is 0.0433. The molecule has 0 spiro atoms. The molecule has 0 aliphatic rings. The number of pyridine rings is 1. The second-order valence-corrected chi connectivity index (χ2v) is 3.99. The summed E-state index contributed by atoms with van der Waals surface area (Å²) in [5, 5.41) is 6.81. The lowest BCUT2D eigenvalue weighted by Gasteiger charge is -2.08. The summed E-state index contributed by atoms with van der Waals surface area (Å²) in [5.41, 5.74) is 3.08. The van der Waals surface area contributed by atoms with Crippen molar-refractivity contribution in [3.63, 3.8) is 0 Å². The Kier molecular flexibility index (Phi) is 3.91. The van der Waals surface area contributed by atoms with Crippen LogP contribution in [0.5, 0.6) is 0 Å². The van der Waals surface area contributed by atoms with Crippen LogP contribution in [0.15, 0.2) is 18.5 Å². The topological polar surface area (TPSA) is 80.8 Å². The molecule has 0 amide bonds. The van der Waals surface area contributed by atoms with Gasteiger partial charge in [0.1, 0.15) is 0 Å². The van der Waals surface area contributed by atoms with Gasteiger partial charge in [0.05, 0.1) is 6.20 Å². The number of hydrogen-bond acceptors (Lipinski definition) is 5. The largest absolute Gasteiger partial charge is 0.367 e. The summed E-state index contributed by atoms with van der Waals surface area (Å²) in [6.07, 6.45) is 4.24. The Balaban J connectivity index is 1.99. The highest BCUT2D eigenvalue weighted by Crippen LogP contribution is 2.18. The summed E-state index contributed by atoms with van der Waals surface area (Å²) in [7, 11) is 1.82. The third kappa shape index (κ3) is 3.16. The molecule has 2 heterocycles. The van der Waals surface area contributed by atoms with Crippen LogP contribution in [0.2, 0.25) is 0 Å². The third-order valence-corrected chi connectivity index (χ3v) is 2.53. The third-order valence-electron chi connectivity index (χ3n) is 2.53. The molecule has 2 aromatic heterocycles. The normalized spacial score (nSPS) is 10.5. The van der Waals surface area contributed by atoms with Crippen molar-refractivity contribution in [2.24, 2.45) is 12.9 Å². The van der Waals surface area contributed by atoms with E-state index in [2.05, 4.69) is 20.8 Å². The lowest BCUT2D eigenvalue weighted by Crippen LogP contribution is -2.14. The maximum atomic E-state index is 13.4. The molecule has 0 aliphatic carbocycles. The van der Waals surface area contributed by atoms with Crippen molar-refractivity contribution in [1.29, 1.82) is 0 Å². The minimum Gasteiger partial charge on any atom is -0.367 e. The molecule has 0 aromatic carbocycles. The molecule has 2 rings (SSSR count). The number of rotatable bonds is 5. The molecule has 4 N–H and O–H groups in total. The van der Waals surface area contributed by atoms with Gasteiger partial charge in [-0.3, -0.25) is 4.68 Å². The number of aryl methyl sites for hydroxylation is 1. The van der Waals surface area contributed by atoms with Crippen LogP contribution >= 0.6 is 0 Å². The smallest absolute Gasteiger partial charge is 0.178 e. The van der Waals surface area contributed by atoms with Crippen molar-refractivity contribution in [2.75, 3.05) is 17.3 Å². The summed E-state index contributed by atoms with van der Waals surface area (Å²) in [6.45, 7) is 0.450. The van der Waals surface area contributed by atoms with Gasteiger partial charge in [0.25, 0.3) is 0 Å². The first-order valence-electron chi connectivity index (χ1n) is 5.64. The van der Waals surface area contributed by atoms with Gasteiger partial charge < -0.3 is 10.7 Å². The number of halogens is 2. The molecule has 0 unspecified atom stereocenters. The highest BCUT2D eigenvalue weighted by atomic mass is 19.1. The van der Waals surface area contributed by atoms with Crippen LogP contribution in [0, 0.1) is 11.6 Å². The maximum Gasteiger partial charge on any atom is 0.178 e. The predicted octanol–water partition coefficient (Wildman–Crippen LogP) is 1.03. The van der Waals surface area contributed by atoms with Crippen LogP contribution in [0.4, 0.5) is 20.4 Å². The van der Waals surface area contributed by atoms with Crippen molar-refractivity contribution in [2.45, 2.75) is 6.42 Å². The van der Waals surface area contributed by atoms with Crippen molar-refractivity contribution < 1.29 is 8.78 Å². The summed E-state index contributed by atoms with van der Waals surface area (Å²) < 4.78 is 28.3. The zero-order valence-electron chi connectivity index (χ0n) is 10.3. The molecule has 6 nitrogen and oxygen atoms in total. The number of nitrogen functional groups attached to an aromatic ring is 1. The zero-order valence-corrected chi connectivity index (χ0v) is 10.3. The second kappa shape index (κ2) is 5.61. The van der Waals surface area contributed by atoms with E-state index in [9.17, 15) is 8.78 Å². The van der Waals surface area contributed by atoms with Crippen LogP contribution in [-0.4, -0.2) is 21.3 Å². The molecule has 0 aliphatic heterocycles. The van der Waals surface area contributed by atoms with Crippen molar-refractivity contribution >= 4 is 11.6 Å². The Labute approximate surface area is 108 Å². The van der Waals surface area contributed by atoms with Crippen molar-refractivity contribution in [1.82, 2.24) is 14.8 Å². The molecule has 8 heteroatoms. The second-order valence-electron chi connectivity index (χ2n) is 3.99.